The Morgan fingerprint density at radius 2 is 1.84 bits per heavy atom. The maximum atomic E-state index is 13.0. The molecule has 0 heterocycles. The van der Waals surface area contributed by atoms with E-state index in [1.165, 1.54) is 22.1 Å². The van der Waals surface area contributed by atoms with Gasteiger partial charge in [-0.2, -0.15) is 0 Å². The fourth-order valence-electron chi connectivity index (χ4n) is 1.89. The maximum absolute atomic E-state index is 13.0. The molecule has 0 unspecified atom stereocenters. The third-order valence-electron chi connectivity index (χ3n) is 3.00. The van der Waals surface area contributed by atoms with Gasteiger partial charge in [0.15, 0.2) is 0 Å². The van der Waals surface area contributed by atoms with E-state index in [0.717, 1.165) is 17.9 Å². The highest BCUT2D eigenvalue weighted by molar-refractivity contribution is 7.98. The fourth-order valence-corrected chi connectivity index (χ4v) is 2.86. The molecule has 2 rings (SSSR count). The Hall–Kier alpha value is -1.32. The maximum Gasteiger partial charge on any atom is 0.123 e. The van der Waals surface area contributed by atoms with E-state index in [1.54, 1.807) is 17.8 Å². The van der Waals surface area contributed by atoms with Crippen LogP contribution < -0.4 is 5.32 Å². The van der Waals surface area contributed by atoms with E-state index in [0.29, 0.717) is 0 Å². The molecule has 0 aliphatic carbocycles. The van der Waals surface area contributed by atoms with Crippen LogP contribution in [-0.2, 0) is 12.3 Å². The topological polar surface area (TPSA) is 12.0 Å². The first-order valence-corrected chi connectivity index (χ1v) is 7.29. The monoisotopic (exact) mass is 275 g/mol. The summed E-state index contributed by atoms with van der Waals surface area (Å²) < 4.78 is 13.0. The minimum Gasteiger partial charge on any atom is -0.316 e. The molecule has 2 aromatic rings. The van der Waals surface area contributed by atoms with Crippen LogP contribution in [0.3, 0.4) is 0 Å². The number of benzene rings is 2. The number of nitrogens with one attached hydrogen (secondary N) is 1. The fraction of sp³-hybridized carbons (Fsp3) is 0.250. The first-order chi connectivity index (χ1) is 9.19. The number of thioether (sulfide) groups is 1. The molecule has 100 valence electrons. The van der Waals surface area contributed by atoms with Gasteiger partial charge in [0.05, 0.1) is 0 Å². The molecule has 3 heteroatoms. The van der Waals surface area contributed by atoms with Crippen LogP contribution in [0.25, 0.3) is 0 Å². The predicted molar refractivity (Wildman–Crippen MR) is 79.9 cm³/mol. The zero-order valence-electron chi connectivity index (χ0n) is 11.2. The lowest BCUT2D eigenvalue weighted by atomic mass is 10.1. The second-order valence-corrected chi connectivity index (χ2v) is 5.58. The third-order valence-corrected chi connectivity index (χ3v) is 4.06. The van der Waals surface area contributed by atoms with Gasteiger partial charge in [0.2, 0.25) is 0 Å². The van der Waals surface area contributed by atoms with E-state index in [9.17, 15) is 4.39 Å². The van der Waals surface area contributed by atoms with Crippen LogP contribution in [-0.4, -0.2) is 7.05 Å². The van der Waals surface area contributed by atoms with Gasteiger partial charge in [-0.1, -0.05) is 18.2 Å². The molecule has 0 aliphatic heterocycles. The van der Waals surface area contributed by atoms with Crippen molar-refractivity contribution in [1.29, 1.82) is 0 Å². The number of rotatable bonds is 5. The Bertz CT molecular complexity index is 537. The van der Waals surface area contributed by atoms with Gasteiger partial charge in [-0.15, -0.1) is 11.8 Å². The SMILES string of the molecule is CNCc1ccc(SCc2ccc(F)cc2C)cc1. The van der Waals surface area contributed by atoms with Crippen LogP contribution >= 0.6 is 11.8 Å². The molecule has 0 amide bonds. The molecule has 2 aromatic carbocycles. The molecule has 19 heavy (non-hydrogen) atoms. The van der Waals surface area contributed by atoms with Gasteiger partial charge in [-0.3, -0.25) is 0 Å². The van der Waals surface area contributed by atoms with Crippen molar-refractivity contribution in [3.63, 3.8) is 0 Å². The second kappa shape index (κ2) is 6.73. The summed E-state index contributed by atoms with van der Waals surface area (Å²) in [5.74, 6) is 0.708. The molecule has 0 saturated carbocycles. The molecule has 0 bridgehead atoms. The lowest BCUT2D eigenvalue weighted by molar-refractivity contribution is 0.626. The van der Waals surface area contributed by atoms with Crippen LogP contribution in [0.1, 0.15) is 16.7 Å². The highest BCUT2D eigenvalue weighted by atomic mass is 32.2. The average Bonchev–Trinajstić information content (AvgIpc) is 2.40. The predicted octanol–water partition coefficient (Wildman–Crippen LogP) is 4.15. The minimum atomic E-state index is -0.164. The smallest absolute Gasteiger partial charge is 0.123 e. The van der Waals surface area contributed by atoms with Crippen molar-refractivity contribution < 1.29 is 4.39 Å². The Kier molecular flexibility index (Phi) is 5.00. The van der Waals surface area contributed by atoms with E-state index in [-0.39, 0.29) is 5.82 Å². The summed E-state index contributed by atoms with van der Waals surface area (Å²) in [4.78, 5) is 1.24. The molecule has 1 nitrogen and oxygen atoms in total. The van der Waals surface area contributed by atoms with Crippen molar-refractivity contribution in [2.45, 2.75) is 24.1 Å². The molecule has 0 atom stereocenters. The summed E-state index contributed by atoms with van der Waals surface area (Å²) in [5, 5.41) is 3.13. The molecule has 0 radical (unpaired) electrons. The van der Waals surface area contributed by atoms with Crippen LogP contribution in [0, 0.1) is 12.7 Å². The standard InChI is InChI=1S/C16H18FNS/c1-12-9-15(17)6-5-14(12)11-19-16-7-3-13(4-8-16)10-18-2/h3-9,18H,10-11H2,1-2H3. The molecule has 0 aromatic heterocycles. The number of hydrogen-bond donors (Lipinski definition) is 1. The van der Waals surface area contributed by atoms with Gasteiger partial charge < -0.3 is 5.32 Å². The lowest BCUT2D eigenvalue weighted by Gasteiger charge is -2.07. The Labute approximate surface area is 118 Å². The van der Waals surface area contributed by atoms with Crippen molar-refractivity contribution in [3.8, 4) is 0 Å². The summed E-state index contributed by atoms with van der Waals surface area (Å²) in [6, 6.07) is 13.5. The average molecular weight is 275 g/mol. The summed E-state index contributed by atoms with van der Waals surface area (Å²) in [5.41, 5.74) is 3.48. The third kappa shape index (κ3) is 4.08. The van der Waals surface area contributed by atoms with Crippen LogP contribution in [0.2, 0.25) is 0 Å². The molecule has 0 fully saturated rings. The van der Waals surface area contributed by atoms with E-state index >= 15 is 0 Å². The number of halogens is 1. The molecular weight excluding hydrogens is 257 g/mol. The molecule has 0 saturated heterocycles. The van der Waals surface area contributed by atoms with Gasteiger partial charge >= 0.3 is 0 Å². The van der Waals surface area contributed by atoms with E-state index < -0.39 is 0 Å². The van der Waals surface area contributed by atoms with Crippen LogP contribution in [0.5, 0.6) is 0 Å². The molecule has 0 aliphatic rings. The highest BCUT2D eigenvalue weighted by Crippen LogP contribution is 2.25. The van der Waals surface area contributed by atoms with Crippen LogP contribution in [0.15, 0.2) is 47.4 Å². The molecule has 0 spiro atoms. The van der Waals surface area contributed by atoms with Gasteiger partial charge in [-0.25, -0.2) is 4.39 Å². The normalized spacial score (nSPS) is 10.7. The number of aryl methyl sites for hydroxylation is 1. The minimum absolute atomic E-state index is 0.164. The summed E-state index contributed by atoms with van der Waals surface area (Å²) in [6.45, 7) is 2.84. The van der Waals surface area contributed by atoms with Crippen LogP contribution in [0.4, 0.5) is 4.39 Å². The second-order valence-electron chi connectivity index (χ2n) is 4.53. The van der Waals surface area contributed by atoms with E-state index in [2.05, 4.69) is 29.6 Å². The quantitative estimate of drug-likeness (QED) is 0.823. The summed E-state index contributed by atoms with van der Waals surface area (Å²) >= 11 is 1.78. The molecular formula is C16H18FNS. The van der Waals surface area contributed by atoms with Gasteiger partial charge in [-0.05, 0) is 54.9 Å². The van der Waals surface area contributed by atoms with E-state index in [1.807, 2.05) is 20.0 Å². The Morgan fingerprint density at radius 1 is 1.11 bits per heavy atom. The van der Waals surface area contributed by atoms with Gasteiger partial charge in [0, 0.05) is 17.2 Å². The number of hydrogen-bond acceptors (Lipinski definition) is 2. The van der Waals surface area contributed by atoms with Crippen molar-refractivity contribution in [3.05, 3.63) is 65.0 Å². The molecule has 1 N–H and O–H groups in total. The Balaban J connectivity index is 1.98. The summed E-state index contributed by atoms with van der Waals surface area (Å²) in [6.07, 6.45) is 0. The zero-order chi connectivity index (χ0) is 13.7. The zero-order valence-corrected chi connectivity index (χ0v) is 12.1. The first-order valence-electron chi connectivity index (χ1n) is 6.30. The summed E-state index contributed by atoms with van der Waals surface area (Å²) in [7, 11) is 1.94. The highest BCUT2D eigenvalue weighted by Gasteiger charge is 2.01. The van der Waals surface area contributed by atoms with Crippen molar-refractivity contribution in [1.82, 2.24) is 5.32 Å². The van der Waals surface area contributed by atoms with Gasteiger partial charge in [0.25, 0.3) is 0 Å². The van der Waals surface area contributed by atoms with E-state index in [4.69, 9.17) is 0 Å². The van der Waals surface area contributed by atoms with Crippen molar-refractivity contribution in [2.24, 2.45) is 0 Å². The first kappa shape index (κ1) is 14.1. The van der Waals surface area contributed by atoms with Crippen molar-refractivity contribution in [2.75, 3.05) is 7.05 Å². The van der Waals surface area contributed by atoms with Gasteiger partial charge in [0.1, 0.15) is 5.82 Å². The lowest BCUT2D eigenvalue weighted by Crippen LogP contribution is -2.04. The van der Waals surface area contributed by atoms with Crippen molar-refractivity contribution >= 4 is 11.8 Å². The Morgan fingerprint density at radius 3 is 2.47 bits per heavy atom. The largest absolute Gasteiger partial charge is 0.316 e.